The molecule has 4 aromatic heterocycles. The molecule has 0 unspecified atom stereocenters. The minimum absolute atomic E-state index is 0.0688. The number of aliphatic hydroxyl groups is 5. The number of carbonyl (C=O) groups excluding carboxylic acids is 4. The molecule has 4 aliphatic rings. The van der Waals surface area contributed by atoms with E-state index in [9.17, 15) is 44.7 Å². The number of amides is 4. The molecule has 2 fully saturated rings. The number of hydrogen-bond donors (Lipinski definition) is 9. The van der Waals surface area contributed by atoms with Gasteiger partial charge in [-0.15, -0.1) is 0 Å². The molecule has 6 heterocycles. The lowest BCUT2D eigenvalue weighted by Crippen LogP contribution is -2.46. The Kier molecular flexibility index (Phi) is 10.8. The molecule has 19 heteroatoms. The third-order valence-electron chi connectivity index (χ3n) is 17.3. The van der Waals surface area contributed by atoms with E-state index in [-0.39, 0.29) is 17.0 Å². The maximum absolute atomic E-state index is 13.4. The van der Waals surface area contributed by atoms with Crippen molar-refractivity contribution in [2.75, 3.05) is 14.2 Å². The lowest BCUT2D eigenvalue weighted by atomic mass is 9.96. The molecule has 394 valence electrons. The Labute approximate surface area is 439 Å². The fraction of sp³-hybridized carbons (Fsp3) is 0.310. The smallest absolute Gasteiger partial charge is 0.259 e. The van der Waals surface area contributed by atoms with E-state index in [0.717, 1.165) is 43.6 Å². The summed E-state index contributed by atoms with van der Waals surface area (Å²) in [6.45, 7) is 10.7. The number of imide groups is 2. The minimum atomic E-state index is -2.26. The molecular formula is C58H56N6O12Si. The van der Waals surface area contributed by atoms with Crippen LogP contribution in [0.4, 0.5) is 0 Å². The molecule has 18 nitrogen and oxygen atoms in total. The van der Waals surface area contributed by atoms with Crippen LogP contribution >= 0.6 is 0 Å². The molecule has 14 rings (SSSR count). The maximum Gasteiger partial charge on any atom is 0.259 e. The number of benzene rings is 6. The molecule has 10 aromatic rings. The summed E-state index contributed by atoms with van der Waals surface area (Å²) in [5.74, 6) is -0.611. The van der Waals surface area contributed by atoms with Crippen molar-refractivity contribution in [2.24, 2.45) is 0 Å². The number of methoxy groups -OCH3 is 2. The summed E-state index contributed by atoms with van der Waals surface area (Å²) in [6.07, 6.45) is -5.82. The zero-order chi connectivity index (χ0) is 54.0. The van der Waals surface area contributed by atoms with Crippen molar-refractivity contribution < 1.29 is 58.6 Å². The largest absolute Gasteiger partial charge is 0.497 e. The SMILES string of the molecule is COc1ccc2[nH]c3c(c4c(c5c6ccccc6n([C@@H]6C[C@H](O)[C@@H](O)[C@H]6O)c35)C(=O)NC4=O)c2c1.COc1ccc2[nH]c3c(c4c(c5c6ccccc6n([C@@H]6C[C@H](O[Si](C)(C)C(C)(C)C)[C@@H](O)[C@H]6O)c35)C(=O)NC4=O)c2c1. The molecule has 6 aromatic carbocycles. The first kappa shape index (κ1) is 49.0. The molecule has 0 saturated heterocycles. The Balaban J connectivity index is 0.000000149. The van der Waals surface area contributed by atoms with Gasteiger partial charge in [0.25, 0.3) is 23.6 Å². The highest BCUT2D eigenvalue weighted by atomic mass is 28.4. The zero-order valence-electron chi connectivity index (χ0n) is 43.1. The first-order valence-corrected chi connectivity index (χ1v) is 28.6. The highest BCUT2D eigenvalue weighted by Crippen LogP contribution is 2.50. The Morgan fingerprint density at radius 2 is 0.948 bits per heavy atom. The van der Waals surface area contributed by atoms with E-state index in [0.29, 0.717) is 78.2 Å². The van der Waals surface area contributed by atoms with Crippen LogP contribution in [0.3, 0.4) is 0 Å². The van der Waals surface area contributed by atoms with Gasteiger partial charge < -0.3 is 58.5 Å². The Hall–Kier alpha value is -7.62. The summed E-state index contributed by atoms with van der Waals surface area (Å²) in [4.78, 5) is 59.9. The van der Waals surface area contributed by atoms with Gasteiger partial charge in [-0.2, -0.15) is 0 Å². The summed E-state index contributed by atoms with van der Waals surface area (Å²) in [7, 11) is 0.888. The van der Waals surface area contributed by atoms with Gasteiger partial charge in [0.15, 0.2) is 8.32 Å². The molecule has 2 aliphatic carbocycles. The molecule has 2 aliphatic heterocycles. The first-order valence-electron chi connectivity index (χ1n) is 25.7. The standard InChI is InChI=1S/C32H35N3O6Si.C26H21N3O6/c1-32(2,3)42(5,6)41-21-14-20(28(36)29(21)37)35-19-10-8-7-9-16(19)23-25-24(30(38)34-31(25)39)22-17-13-15(40-4)11-12-18(17)33-26(22)27(23)35;1-35-10-6-7-13-12(8-10)17-19-20(26(34)28-25(19)33)18-11-4-2-3-5-14(11)29(22(18)21(17)27-13)15-9-16(30)24(32)23(15)31/h7-13,20-21,28-29,33,36-37H,14H2,1-6H3,(H,34,38,39);2-8,15-16,23-24,27,30-32H,9H2,1H3,(H,28,33,34)/t20-,21+,28+,29-;15-,16+,23+,24-/m11/s1. The summed E-state index contributed by atoms with van der Waals surface area (Å²) in [5.41, 5.74) is 6.95. The minimum Gasteiger partial charge on any atom is -0.497 e. The van der Waals surface area contributed by atoms with Crippen molar-refractivity contribution in [2.45, 2.75) is 100 Å². The predicted octanol–water partition coefficient (Wildman–Crippen LogP) is 7.73. The normalized spacial score (nSPS) is 23.6. The molecule has 4 amide bonds. The Morgan fingerprint density at radius 1 is 0.532 bits per heavy atom. The van der Waals surface area contributed by atoms with Crippen LogP contribution in [0.2, 0.25) is 18.1 Å². The van der Waals surface area contributed by atoms with E-state index in [4.69, 9.17) is 13.9 Å². The summed E-state index contributed by atoms with van der Waals surface area (Å²) < 4.78 is 21.5. The van der Waals surface area contributed by atoms with Crippen molar-refractivity contribution in [1.29, 1.82) is 0 Å². The molecule has 9 N–H and O–H groups in total. The van der Waals surface area contributed by atoms with Crippen LogP contribution in [0.5, 0.6) is 11.5 Å². The molecule has 0 bridgehead atoms. The number of hydrogen-bond acceptors (Lipinski definition) is 12. The van der Waals surface area contributed by atoms with E-state index in [1.54, 1.807) is 14.2 Å². The highest BCUT2D eigenvalue weighted by Gasteiger charge is 2.50. The average Bonchev–Trinajstić information content (AvgIpc) is 4.44. The second-order valence-electron chi connectivity index (χ2n) is 22.4. The number of fused-ring (bicyclic) bond motifs is 20. The average molecular weight is 1060 g/mol. The monoisotopic (exact) mass is 1060 g/mol. The lowest BCUT2D eigenvalue weighted by molar-refractivity contribution is -0.0241. The zero-order valence-corrected chi connectivity index (χ0v) is 44.1. The van der Waals surface area contributed by atoms with Gasteiger partial charge in [-0.05, 0) is 79.5 Å². The summed E-state index contributed by atoms with van der Waals surface area (Å²) in [6, 6.07) is 25.0. The molecule has 77 heavy (non-hydrogen) atoms. The van der Waals surface area contributed by atoms with E-state index in [1.807, 2.05) is 94.1 Å². The molecule has 0 radical (unpaired) electrons. The fourth-order valence-corrected chi connectivity index (χ4v) is 14.0. The van der Waals surface area contributed by atoms with Crippen molar-refractivity contribution >= 4 is 119 Å². The predicted molar refractivity (Wildman–Crippen MR) is 294 cm³/mol. The number of H-pyrrole nitrogens is 2. The van der Waals surface area contributed by atoms with Crippen LogP contribution in [0.1, 0.15) is 87.1 Å². The topological polar surface area (TPSA) is 263 Å². The van der Waals surface area contributed by atoms with Gasteiger partial charge in [0.1, 0.15) is 35.9 Å². The van der Waals surface area contributed by atoms with Crippen LogP contribution in [0, 0.1) is 0 Å². The van der Waals surface area contributed by atoms with Crippen LogP contribution in [0.15, 0.2) is 84.9 Å². The van der Waals surface area contributed by atoms with E-state index >= 15 is 0 Å². The second-order valence-corrected chi connectivity index (χ2v) is 27.2. The third-order valence-corrected chi connectivity index (χ3v) is 21.8. The summed E-state index contributed by atoms with van der Waals surface area (Å²) in [5, 5.41) is 64.9. The van der Waals surface area contributed by atoms with Crippen LogP contribution in [-0.2, 0) is 4.43 Å². The van der Waals surface area contributed by atoms with Gasteiger partial charge >= 0.3 is 0 Å². The lowest BCUT2D eigenvalue weighted by Gasteiger charge is -2.39. The number of para-hydroxylation sites is 2. The van der Waals surface area contributed by atoms with Gasteiger partial charge in [0, 0.05) is 65.2 Å². The number of nitrogens with one attached hydrogen (secondary N) is 4. The number of aromatic amines is 2. The van der Waals surface area contributed by atoms with Crippen molar-refractivity contribution in [3.63, 3.8) is 0 Å². The van der Waals surface area contributed by atoms with Gasteiger partial charge in [-0.1, -0.05) is 57.2 Å². The van der Waals surface area contributed by atoms with Crippen LogP contribution in [-0.4, -0.2) is 127 Å². The van der Waals surface area contributed by atoms with Gasteiger partial charge in [0.05, 0.1) is 82.8 Å². The van der Waals surface area contributed by atoms with Crippen molar-refractivity contribution in [1.82, 2.24) is 29.7 Å². The van der Waals surface area contributed by atoms with Crippen LogP contribution < -0.4 is 20.1 Å². The summed E-state index contributed by atoms with van der Waals surface area (Å²) >= 11 is 0. The van der Waals surface area contributed by atoms with Crippen molar-refractivity contribution in [3.8, 4) is 11.5 Å². The van der Waals surface area contributed by atoms with E-state index < -0.39 is 80.7 Å². The quantitative estimate of drug-likeness (QED) is 0.0573. The first-order chi connectivity index (χ1) is 36.7. The van der Waals surface area contributed by atoms with Crippen molar-refractivity contribution in [3.05, 3.63) is 107 Å². The number of carbonyl (C=O) groups is 4. The van der Waals surface area contributed by atoms with E-state index in [2.05, 4.69) is 54.5 Å². The number of aliphatic hydroxyl groups excluding tert-OH is 5. The maximum atomic E-state index is 13.4. The number of nitrogens with zero attached hydrogens (tertiary/aromatic N) is 2. The highest BCUT2D eigenvalue weighted by molar-refractivity contribution is 6.74. The fourth-order valence-electron chi connectivity index (χ4n) is 12.7. The van der Waals surface area contributed by atoms with Crippen LogP contribution in [0.25, 0.3) is 87.2 Å². The number of aromatic nitrogens is 4. The van der Waals surface area contributed by atoms with Gasteiger partial charge in [0.2, 0.25) is 0 Å². The number of ether oxygens (including phenoxy) is 2. The van der Waals surface area contributed by atoms with Gasteiger partial charge in [-0.3, -0.25) is 29.8 Å². The number of rotatable bonds is 6. The Morgan fingerprint density at radius 3 is 1.36 bits per heavy atom. The van der Waals surface area contributed by atoms with Gasteiger partial charge in [-0.25, -0.2) is 0 Å². The van der Waals surface area contributed by atoms with E-state index in [1.165, 1.54) is 0 Å². The molecule has 0 spiro atoms. The Bertz CT molecular complexity index is 4260. The molecule has 8 atom stereocenters. The third kappa shape index (κ3) is 6.81. The molecule has 2 saturated carbocycles. The second kappa shape index (κ2) is 16.9. The molecular weight excluding hydrogens is 1000 g/mol.